The van der Waals surface area contributed by atoms with Crippen LogP contribution in [-0.4, -0.2) is 115 Å². The standard InChI is InChI=1S/C51H66N10O8/c1-9-10-12-37(57-48(62)43(58-50(64)66-7)35-21-29(3)68-30(4)22-35)46-53-26-39(56-46)45-40-13-11-20-60(40)42(27-52-45)34-17-15-33(16-18-34)38-25-54-47(55-38)41-19-14-28(2)61(41)49(63)44(59-51(65)67-8)36-23-31(5)69-32(6)24-36/h9,11,13,15-18,20,25-32,35-37,41,43-44H,1,10,12,14,19,21-24H2,2-8H3,(H,53,56)(H,54,55)(H,57,62)(H,58,64)(H,59,65)/t28-,29-,30+,31-,32+,35+,36+,37-,41-,43-,44?/m0/s1. The maximum absolute atomic E-state index is 14.5. The van der Waals surface area contributed by atoms with Crippen LogP contribution in [0.3, 0.4) is 0 Å². The van der Waals surface area contributed by atoms with Crippen LogP contribution < -0.4 is 16.0 Å². The van der Waals surface area contributed by atoms with Gasteiger partial charge in [-0.1, -0.05) is 30.3 Å². The summed E-state index contributed by atoms with van der Waals surface area (Å²) in [6.07, 6.45) is 12.9. The average molecular weight is 947 g/mol. The van der Waals surface area contributed by atoms with Crippen molar-refractivity contribution in [2.45, 2.75) is 141 Å². The number of aromatic amines is 2. The maximum Gasteiger partial charge on any atom is 0.407 e. The Kier molecular flexibility index (Phi) is 15.2. The molecule has 18 heteroatoms. The summed E-state index contributed by atoms with van der Waals surface area (Å²) >= 11 is 0. The zero-order valence-electron chi connectivity index (χ0n) is 40.6. The van der Waals surface area contributed by atoms with Crippen LogP contribution in [0.5, 0.6) is 0 Å². The molecular formula is C51H66N10O8. The zero-order valence-corrected chi connectivity index (χ0v) is 40.6. The number of H-pyrrole nitrogens is 2. The third kappa shape index (κ3) is 10.9. The second kappa shape index (κ2) is 21.4. The molecule has 3 aliphatic rings. The highest BCUT2D eigenvalue weighted by Gasteiger charge is 2.44. The highest BCUT2D eigenvalue weighted by Crippen LogP contribution is 2.39. The Morgan fingerprint density at radius 1 is 0.768 bits per heavy atom. The van der Waals surface area contributed by atoms with Crippen molar-refractivity contribution >= 4 is 29.5 Å². The Morgan fingerprint density at radius 2 is 1.38 bits per heavy atom. The molecule has 69 heavy (non-hydrogen) atoms. The lowest BCUT2D eigenvalue weighted by Gasteiger charge is -2.39. The third-order valence-electron chi connectivity index (χ3n) is 13.9. The van der Waals surface area contributed by atoms with Crippen LogP contribution in [0.25, 0.3) is 39.4 Å². The van der Waals surface area contributed by atoms with Crippen molar-refractivity contribution in [2.24, 2.45) is 11.8 Å². The van der Waals surface area contributed by atoms with Crippen LogP contribution in [0, 0.1) is 11.8 Å². The van der Waals surface area contributed by atoms with Crippen molar-refractivity contribution in [1.82, 2.24) is 50.2 Å². The van der Waals surface area contributed by atoms with Gasteiger partial charge in [-0.3, -0.25) is 14.6 Å². The van der Waals surface area contributed by atoms with Gasteiger partial charge in [-0.15, -0.1) is 6.58 Å². The fraction of sp³-hybridized carbons (Fsp3) is 0.510. The van der Waals surface area contributed by atoms with Crippen molar-refractivity contribution in [3.05, 3.63) is 85.5 Å². The maximum atomic E-state index is 14.5. The molecule has 11 atom stereocenters. The molecule has 368 valence electrons. The van der Waals surface area contributed by atoms with E-state index in [1.807, 2.05) is 88.3 Å². The number of carbonyl (C=O) groups is 4. The highest BCUT2D eigenvalue weighted by atomic mass is 16.5. The molecule has 0 radical (unpaired) electrons. The van der Waals surface area contributed by atoms with E-state index in [4.69, 9.17) is 33.9 Å². The fourth-order valence-corrected chi connectivity index (χ4v) is 10.8. The largest absolute Gasteiger partial charge is 0.453 e. The van der Waals surface area contributed by atoms with E-state index in [0.29, 0.717) is 61.6 Å². The van der Waals surface area contributed by atoms with Gasteiger partial charge in [0.15, 0.2) is 0 Å². The third-order valence-corrected chi connectivity index (χ3v) is 13.9. The Hall–Kier alpha value is -6.53. The molecule has 0 spiro atoms. The lowest BCUT2D eigenvalue weighted by molar-refractivity contribution is -0.140. The van der Waals surface area contributed by atoms with E-state index in [1.54, 1.807) is 18.5 Å². The number of benzene rings is 1. The summed E-state index contributed by atoms with van der Waals surface area (Å²) in [5.74, 6) is 0.528. The van der Waals surface area contributed by atoms with Crippen molar-refractivity contribution in [2.75, 3.05) is 14.2 Å². The average Bonchev–Trinajstić information content (AvgIpc) is 4.18. The molecule has 1 unspecified atom stereocenters. The Bertz CT molecular complexity index is 2590. The minimum atomic E-state index is -0.829. The molecule has 3 saturated heterocycles. The smallest absolute Gasteiger partial charge is 0.407 e. The number of ether oxygens (including phenoxy) is 4. The summed E-state index contributed by atoms with van der Waals surface area (Å²) in [7, 11) is 2.59. The second-order valence-corrected chi connectivity index (χ2v) is 19.0. The van der Waals surface area contributed by atoms with Crippen LogP contribution in [-0.2, 0) is 28.5 Å². The molecule has 8 rings (SSSR count). The molecule has 5 N–H and O–H groups in total. The summed E-state index contributed by atoms with van der Waals surface area (Å²) in [6, 6.07) is 9.70. The summed E-state index contributed by atoms with van der Waals surface area (Å²) in [6.45, 7) is 13.9. The van der Waals surface area contributed by atoms with Crippen LogP contribution in [0.15, 0.2) is 73.8 Å². The number of allylic oxidation sites excluding steroid dienone is 1. The number of methoxy groups -OCH3 is 2. The Morgan fingerprint density at radius 3 is 2.01 bits per heavy atom. The number of imidazole rings is 2. The number of carbonyl (C=O) groups excluding carboxylic acids is 4. The number of amides is 4. The van der Waals surface area contributed by atoms with Gasteiger partial charge in [0, 0.05) is 17.8 Å². The SMILES string of the molecule is C=CCC[C@H](NC(=O)[C@@H](NC(=O)OC)[C@H]1C[C@@H](C)O[C@@H](C)C1)c1ncc(-c2ncc(-c3ccc(-c4cnc([C@@H]5CC[C@H](C)N5C(=O)C(NC(=O)OC)[C@H]5C[C@@H](C)O[C@@H](C)C5)[nH]4)cc3)n3cccc23)[nH]1. The number of alkyl carbamates (subject to hydrolysis) is 2. The molecule has 1 aromatic carbocycles. The van der Waals surface area contributed by atoms with Gasteiger partial charge in [0.2, 0.25) is 11.8 Å². The van der Waals surface area contributed by atoms with Crippen molar-refractivity contribution in [1.29, 1.82) is 0 Å². The van der Waals surface area contributed by atoms with Gasteiger partial charge in [-0.25, -0.2) is 19.6 Å². The van der Waals surface area contributed by atoms with Gasteiger partial charge < -0.3 is 54.2 Å². The van der Waals surface area contributed by atoms with E-state index in [9.17, 15) is 19.2 Å². The molecular weight excluding hydrogens is 881 g/mol. The van der Waals surface area contributed by atoms with E-state index >= 15 is 0 Å². The number of nitrogens with one attached hydrogen (secondary N) is 5. The molecule has 7 heterocycles. The summed E-state index contributed by atoms with van der Waals surface area (Å²) in [5, 5.41) is 8.81. The molecule has 0 aliphatic carbocycles. The first kappa shape index (κ1) is 48.9. The van der Waals surface area contributed by atoms with Crippen LogP contribution >= 0.6 is 0 Å². The van der Waals surface area contributed by atoms with Crippen LogP contribution in [0.4, 0.5) is 9.59 Å². The minimum Gasteiger partial charge on any atom is -0.453 e. The van der Waals surface area contributed by atoms with E-state index in [0.717, 1.165) is 40.9 Å². The van der Waals surface area contributed by atoms with Crippen molar-refractivity contribution in [3.8, 4) is 33.9 Å². The lowest BCUT2D eigenvalue weighted by atomic mass is 9.85. The van der Waals surface area contributed by atoms with E-state index in [2.05, 4.69) is 36.9 Å². The van der Waals surface area contributed by atoms with Gasteiger partial charge in [0.1, 0.15) is 29.4 Å². The monoisotopic (exact) mass is 947 g/mol. The number of likely N-dealkylation sites (tertiary alicyclic amines) is 1. The highest BCUT2D eigenvalue weighted by molar-refractivity contribution is 5.87. The molecule has 18 nitrogen and oxygen atoms in total. The molecule has 0 saturated carbocycles. The fourth-order valence-electron chi connectivity index (χ4n) is 10.8. The molecule has 4 amide bonds. The Balaban J connectivity index is 0.986. The van der Waals surface area contributed by atoms with Gasteiger partial charge in [0.25, 0.3) is 0 Å². The van der Waals surface area contributed by atoms with Crippen LogP contribution in [0.2, 0.25) is 0 Å². The molecule has 0 bridgehead atoms. The zero-order chi connectivity index (χ0) is 48.9. The summed E-state index contributed by atoms with van der Waals surface area (Å²) < 4.78 is 23.8. The Labute approximate surface area is 402 Å². The predicted molar refractivity (Wildman–Crippen MR) is 259 cm³/mol. The molecule has 4 aromatic heterocycles. The quantitative estimate of drug-likeness (QED) is 0.0638. The van der Waals surface area contributed by atoms with Gasteiger partial charge in [-0.2, -0.15) is 0 Å². The number of hydrogen-bond acceptors (Lipinski definition) is 11. The van der Waals surface area contributed by atoms with Crippen LogP contribution in [0.1, 0.15) is 110 Å². The number of fused-ring (bicyclic) bond motifs is 1. The van der Waals surface area contributed by atoms with Gasteiger partial charge in [-0.05, 0) is 116 Å². The normalized spacial score (nSPS) is 25.1. The first-order valence-electron chi connectivity index (χ1n) is 24.1. The molecule has 3 fully saturated rings. The topological polar surface area (TPSA) is 219 Å². The van der Waals surface area contributed by atoms with Gasteiger partial charge >= 0.3 is 12.2 Å². The first-order valence-corrected chi connectivity index (χ1v) is 24.1. The summed E-state index contributed by atoms with van der Waals surface area (Å²) in [4.78, 5) is 76.8. The van der Waals surface area contributed by atoms with E-state index < -0.39 is 30.3 Å². The summed E-state index contributed by atoms with van der Waals surface area (Å²) in [5.41, 5.74) is 5.80. The number of nitrogens with zero attached hydrogens (tertiary/aromatic N) is 5. The molecule has 5 aromatic rings. The van der Waals surface area contributed by atoms with E-state index in [-0.39, 0.29) is 60.1 Å². The molecule has 3 aliphatic heterocycles. The first-order chi connectivity index (χ1) is 33.2. The van der Waals surface area contributed by atoms with Crippen molar-refractivity contribution in [3.63, 3.8) is 0 Å². The van der Waals surface area contributed by atoms with E-state index in [1.165, 1.54) is 14.2 Å². The number of aromatic nitrogens is 6. The van der Waals surface area contributed by atoms with Crippen molar-refractivity contribution < 1.29 is 38.1 Å². The predicted octanol–water partition coefficient (Wildman–Crippen LogP) is 7.81. The number of rotatable bonds is 15. The lowest BCUT2D eigenvalue weighted by Crippen LogP contribution is -2.55. The van der Waals surface area contributed by atoms with Gasteiger partial charge in [0.05, 0.1) is 91.9 Å². The minimum absolute atomic E-state index is 0.0363. The number of hydrogen-bond donors (Lipinski definition) is 5. The second-order valence-electron chi connectivity index (χ2n) is 19.0.